The molecule has 5 aromatic rings. The minimum atomic E-state index is -4.47. The first-order chi connectivity index (χ1) is 31.6. The van der Waals surface area contributed by atoms with Gasteiger partial charge < -0.3 is 30.3 Å². The minimum absolute atomic E-state index is 0.00130. The number of hydrogen-bond acceptors (Lipinski definition) is 15. The molecule has 342 valence electrons. The number of alkyl halides is 3. The number of nitrogens with two attached hydrogens (primary N) is 1. The Bertz CT molecular complexity index is 2730. The van der Waals surface area contributed by atoms with Crippen molar-refractivity contribution in [1.82, 2.24) is 30.0 Å². The predicted octanol–water partition coefficient (Wildman–Crippen LogP) is 4.06. The Hall–Kier alpha value is -8.08. The number of amides is 6. The van der Waals surface area contributed by atoms with E-state index in [1.807, 2.05) is 0 Å². The molecule has 0 saturated carbocycles. The van der Waals surface area contributed by atoms with Crippen molar-refractivity contribution < 1.29 is 65.4 Å². The van der Waals surface area contributed by atoms with Crippen LogP contribution in [0.15, 0.2) is 77.7 Å². The van der Waals surface area contributed by atoms with Crippen LogP contribution in [0.4, 0.5) is 24.7 Å². The summed E-state index contributed by atoms with van der Waals surface area (Å²) in [5.41, 5.74) is 5.96. The molecule has 66 heavy (non-hydrogen) atoms. The molecule has 23 heteroatoms. The zero-order chi connectivity index (χ0) is 47.1. The lowest BCUT2D eigenvalue weighted by atomic mass is 10.0. The van der Waals surface area contributed by atoms with Crippen LogP contribution in [-0.2, 0) is 19.1 Å². The number of imide groups is 2. The second-order valence-corrected chi connectivity index (χ2v) is 14.8. The molecular weight excluding hydrogens is 876 g/mol. The fourth-order valence-electron chi connectivity index (χ4n) is 6.91. The molecule has 3 aromatic heterocycles. The number of Topliss-reactive ketones (excluding diaryl/α,β-unsaturated/α-hetero) is 2. The number of carbonyl (C=O) groups excluding carboxylic acids is 8. The Morgan fingerprint density at radius 2 is 1.73 bits per heavy atom. The number of hydrogen-bond donors (Lipinski definition) is 4. The van der Waals surface area contributed by atoms with E-state index in [2.05, 4.69) is 31.0 Å². The molecule has 2 aliphatic rings. The van der Waals surface area contributed by atoms with Gasteiger partial charge in [-0.2, -0.15) is 18.3 Å². The van der Waals surface area contributed by atoms with Gasteiger partial charge in [0.05, 0.1) is 28.7 Å². The second kappa shape index (κ2) is 19.8. The van der Waals surface area contributed by atoms with Crippen LogP contribution in [0.25, 0.3) is 17.1 Å². The van der Waals surface area contributed by atoms with Gasteiger partial charge >= 0.3 is 6.18 Å². The largest absolute Gasteiger partial charge is 0.485 e. The number of piperidine rings is 1. The second-order valence-electron chi connectivity index (χ2n) is 14.8. The number of carbonyl (C=O) groups is 8. The van der Waals surface area contributed by atoms with Gasteiger partial charge in [0.15, 0.2) is 23.0 Å². The van der Waals surface area contributed by atoms with E-state index in [0.29, 0.717) is 24.1 Å². The van der Waals surface area contributed by atoms with Crippen molar-refractivity contribution in [3.8, 4) is 22.9 Å². The van der Waals surface area contributed by atoms with Gasteiger partial charge in [-0.3, -0.25) is 48.6 Å². The highest BCUT2D eigenvalue weighted by molar-refractivity contribution is 6.24. The van der Waals surface area contributed by atoms with Crippen LogP contribution < -0.4 is 26.4 Å². The van der Waals surface area contributed by atoms with Crippen LogP contribution in [-0.4, -0.2) is 110 Å². The molecule has 2 aliphatic heterocycles. The van der Waals surface area contributed by atoms with E-state index in [1.54, 1.807) is 24.3 Å². The van der Waals surface area contributed by atoms with Crippen LogP contribution in [0.5, 0.6) is 5.75 Å². The van der Waals surface area contributed by atoms with Crippen molar-refractivity contribution in [1.29, 1.82) is 0 Å². The molecule has 5 heterocycles. The molecule has 6 amide bonds. The lowest BCUT2D eigenvalue weighted by Crippen LogP contribution is -2.54. The number of ether oxygens (including phenoxy) is 2. The Morgan fingerprint density at radius 3 is 2.45 bits per heavy atom. The van der Waals surface area contributed by atoms with Gasteiger partial charge in [0.1, 0.15) is 37.0 Å². The zero-order valence-electron chi connectivity index (χ0n) is 34.5. The van der Waals surface area contributed by atoms with Crippen LogP contribution in [0.2, 0.25) is 0 Å². The number of oxazole rings is 1. The van der Waals surface area contributed by atoms with Gasteiger partial charge in [-0.25, -0.2) is 14.6 Å². The van der Waals surface area contributed by atoms with Crippen molar-refractivity contribution in [2.24, 2.45) is 5.73 Å². The van der Waals surface area contributed by atoms with Gasteiger partial charge in [0.2, 0.25) is 17.7 Å². The number of benzene rings is 2. The van der Waals surface area contributed by atoms with E-state index >= 15 is 0 Å². The lowest BCUT2D eigenvalue weighted by molar-refractivity contribution is -0.136. The van der Waals surface area contributed by atoms with Crippen LogP contribution in [0, 0.1) is 0 Å². The number of rotatable bonds is 20. The van der Waals surface area contributed by atoms with Crippen LogP contribution >= 0.6 is 0 Å². The normalized spacial score (nSPS) is 14.8. The van der Waals surface area contributed by atoms with Gasteiger partial charge in [-0.1, -0.05) is 6.07 Å². The number of nitrogens with one attached hydrogen (secondary N) is 3. The molecule has 7 rings (SSSR count). The molecule has 2 aromatic carbocycles. The molecule has 20 nitrogen and oxygen atoms in total. The first-order valence-corrected chi connectivity index (χ1v) is 20.2. The third-order valence-electron chi connectivity index (χ3n) is 10.1. The topological polar surface area (TPSA) is 277 Å². The van der Waals surface area contributed by atoms with Gasteiger partial charge in [-0.15, -0.1) is 0 Å². The number of halogens is 3. The van der Waals surface area contributed by atoms with Crippen molar-refractivity contribution in [3.05, 3.63) is 101 Å². The quantitative estimate of drug-likeness (QED) is 0.0487. The number of aromatic nitrogens is 4. The molecule has 1 atom stereocenters. The van der Waals surface area contributed by atoms with E-state index in [0.717, 1.165) is 11.2 Å². The lowest BCUT2D eigenvalue weighted by Gasteiger charge is -2.27. The summed E-state index contributed by atoms with van der Waals surface area (Å²) >= 11 is 0. The van der Waals surface area contributed by atoms with E-state index in [1.165, 1.54) is 47.4 Å². The highest BCUT2D eigenvalue weighted by atomic mass is 19.4. The summed E-state index contributed by atoms with van der Waals surface area (Å²) in [5, 5.41) is 11.0. The summed E-state index contributed by atoms with van der Waals surface area (Å²) in [4.78, 5) is 110. The summed E-state index contributed by atoms with van der Waals surface area (Å²) < 4.78 is 55.7. The number of nitrogens with zero attached hydrogens (tertiary/aromatic N) is 5. The number of fused-ring (bicyclic) bond motifs is 1. The van der Waals surface area contributed by atoms with Crippen LogP contribution in [0.3, 0.4) is 0 Å². The Balaban J connectivity index is 0.830. The highest BCUT2D eigenvalue weighted by Gasteiger charge is 2.46. The number of ketones is 2. The summed E-state index contributed by atoms with van der Waals surface area (Å²) in [6.07, 6.45) is 0.0823. The first-order valence-electron chi connectivity index (χ1n) is 20.2. The maximum Gasteiger partial charge on any atom is 0.405 e. The SMILES string of the molecule is NC(=O)c1nn(-c2ccc(C(=O)CCCOCCCC(=O)COc3cccc4c3C(=O)N(C3CCC(=O)NC3=O)C4=O)cc2)cc1NC(=O)c1coc(-c2ccnc(NCC(F)(F)F)c2)n1. The molecule has 0 spiro atoms. The predicted molar refractivity (Wildman–Crippen MR) is 222 cm³/mol. The minimum Gasteiger partial charge on any atom is -0.485 e. The van der Waals surface area contributed by atoms with Crippen molar-refractivity contribution in [2.75, 3.05) is 37.0 Å². The average molecular weight is 914 g/mol. The van der Waals surface area contributed by atoms with Crippen LogP contribution in [0.1, 0.15) is 90.6 Å². The molecule has 1 unspecified atom stereocenters. The molecular formula is C43H38F3N9O11. The molecule has 0 aliphatic carbocycles. The molecule has 0 bridgehead atoms. The maximum atomic E-state index is 13.2. The molecule has 1 fully saturated rings. The average Bonchev–Trinajstić information content (AvgIpc) is 4.02. The summed E-state index contributed by atoms with van der Waals surface area (Å²) in [5.74, 6) is -5.06. The number of pyridine rings is 1. The standard InChI is InChI=1S/C43H38F3N9O11/c44-43(45,46)22-49-33-18-24(14-15-48-33)40-51-29(21-66-40)38(60)50-28-19-54(53-36(28)37(47)59)25-10-8-23(9-11-25)31(57)6-3-17-64-16-2-4-26(56)20-65-32-7-1-5-27-35(32)42(63)55(41(27)62)30-12-13-34(58)52-39(30)61/h1,5,7-11,14-15,18-19,21,30H,2-4,6,12-13,16-17,20,22H2,(H2,47,59)(H,48,49)(H,50,60)(H,52,58,61). The Morgan fingerprint density at radius 1 is 0.970 bits per heavy atom. The molecule has 5 N–H and O–H groups in total. The van der Waals surface area contributed by atoms with E-state index in [-0.39, 0.29) is 108 Å². The van der Waals surface area contributed by atoms with Gasteiger partial charge in [0, 0.05) is 49.8 Å². The van der Waals surface area contributed by atoms with Crippen molar-refractivity contribution in [3.63, 3.8) is 0 Å². The van der Waals surface area contributed by atoms with Gasteiger partial charge in [0.25, 0.3) is 23.6 Å². The highest BCUT2D eigenvalue weighted by Crippen LogP contribution is 2.34. The monoisotopic (exact) mass is 913 g/mol. The number of anilines is 2. The Labute approximate surface area is 371 Å². The third-order valence-corrected chi connectivity index (χ3v) is 10.1. The Kier molecular flexibility index (Phi) is 13.7. The summed E-state index contributed by atoms with van der Waals surface area (Å²) in [7, 11) is 0. The molecule has 0 radical (unpaired) electrons. The molecule has 1 saturated heterocycles. The third kappa shape index (κ3) is 10.8. The van der Waals surface area contributed by atoms with E-state index in [9.17, 15) is 51.5 Å². The maximum absolute atomic E-state index is 13.2. The zero-order valence-corrected chi connectivity index (χ0v) is 34.5. The smallest absolute Gasteiger partial charge is 0.405 e. The fourth-order valence-corrected chi connectivity index (χ4v) is 6.91. The van der Waals surface area contributed by atoms with E-state index < -0.39 is 54.2 Å². The van der Waals surface area contributed by atoms with E-state index in [4.69, 9.17) is 19.6 Å². The first kappa shape index (κ1) is 45.9. The van der Waals surface area contributed by atoms with Crippen molar-refractivity contribution in [2.45, 2.75) is 50.7 Å². The number of primary amides is 1. The van der Waals surface area contributed by atoms with Gasteiger partial charge in [-0.05, 0) is 67.8 Å². The summed E-state index contributed by atoms with van der Waals surface area (Å²) in [6.45, 7) is -1.23. The fraction of sp³-hybridized carbons (Fsp3) is 0.279. The van der Waals surface area contributed by atoms with Crippen molar-refractivity contribution >= 4 is 58.5 Å². The summed E-state index contributed by atoms with van der Waals surface area (Å²) in [6, 6.07) is 12.2.